The average molecular weight is 592 g/mol. The van der Waals surface area contributed by atoms with Crippen molar-refractivity contribution in [3.63, 3.8) is 0 Å². The number of ether oxygens (including phenoxy) is 2. The molecule has 1 unspecified atom stereocenters. The second-order valence-corrected chi connectivity index (χ2v) is 11.2. The Kier molecular flexibility index (Phi) is 7.45. The highest BCUT2D eigenvalue weighted by molar-refractivity contribution is 9.10. The first-order chi connectivity index (χ1) is 17.7. The maximum Gasteiger partial charge on any atom is 0.263 e. The smallest absolute Gasteiger partial charge is 0.263 e. The van der Waals surface area contributed by atoms with Gasteiger partial charge in [-0.15, -0.1) is 11.3 Å². The zero-order valence-corrected chi connectivity index (χ0v) is 22.5. The van der Waals surface area contributed by atoms with E-state index in [2.05, 4.69) is 32.8 Å². The van der Waals surface area contributed by atoms with E-state index in [-0.39, 0.29) is 42.9 Å². The molecule has 0 bridgehead atoms. The van der Waals surface area contributed by atoms with Crippen LogP contribution in [-0.4, -0.2) is 58.6 Å². The first-order valence-corrected chi connectivity index (χ1v) is 13.5. The van der Waals surface area contributed by atoms with Gasteiger partial charge in [0.25, 0.3) is 5.56 Å². The molecule has 2 fully saturated rings. The molecule has 0 N–H and O–H groups in total. The molecule has 0 radical (unpaired) electrons. The molecule has 2 aliphatic heterocycles. The minimum absolute atomic E-state index is 0.00271. The van der Waals surface area contributed by atoms with E-state index >= 15 is 0 Å². The summed E-state index contributed by atoms with van der Waals surface area (Å²) in [6.45, 7) is 2.00. The van der Waals surface area contributed by atoms with Crippen molar-refractivity contribution in [2.24, 2.45) is 0 Å². The number of amides is 1. The van der Waals surface area contributed by atoms with E-state index in [0.717, 1.165) is 19.3 Å². The Morgan fingerprint density at radius 3 is 2.89 bits per heavy atom. The summed E-state index contributed by atoms with van der Waals surface area (Å²) >= 11 is 4.45. The number of carbonyl (C=O) groups excluding carboxylic acids is 1. The van der Waals surface area contributed by atoms with E-state index in [9.17, 15) is 18.4 Å². The zero-order chi connectivity index (χ0) is 26.2. The lowest BCUT2D eigenvalue weighted by Crippen LogP contribution is -2.60. The van der Waals surface area contributed by atoms with Gasteiger partial charge in [0.1, 0.15) is 29.5 Å². The Labute approximate surface area is 224 Å². The van der Waals surface area contributed by atoms with Crippen LogP contribution >= 0.6 is 27.3 Å². The van der Waals surface area contributed by atoms with Gasteiger partial charge in [-0.25, -0.2) is 13.8 Å². The van der Waals surface area contributed by atoms with Gasteiger partial charge < -0.3 is 14.4 Å². The van der Waals surface area contributed by atoms with Gasteiger partial charge in [0.15, 0.2) is 6.29 Å². The van der Waals surface area contributed by atoms with Crippen LogP contribution in [0.4, 0.5) is 8.78 Å². The van der Waals surface area contributed by atoms with Crippen molar-refractivity contribution in [1.29, 1.82) is 0 Å². The SMILES string of the molecule is CC1(F)CN(C(=O)Cn2cnc3sc(C#CCOC4CCCCO4)c(-c4ccc(F)c(Br)c4)c3c2=O)C1. The quantitative estimate of drug-likeness (QED) is 0.409. The molecule has 3 aromatic rings. The van der Waals surface area contributed by atoms with E-state index in [1.807, 2.05) is 0 Å². The lowest BCUT2D eigenvalue weighted by molar-refractivity contribution is -0.154. The molecule has 7 nitrogen and oxygen atoms in total. The minimum atomic E-state index is -1.40. The van der Waals surface area contributed by atoms with Gasteiger partial charge in [-0.1, -0.05) is 17.9 Å². The third-order valence-corrected chi connectivity index (χ3v) is 7.89. The fraction of sp³-hybridized carbons (Fsp3) is 0.423. The second kappa shape index (κ2) is 10.6. The number of nitrogens with zero attached hydrogens (tertiary/aromatic N) is 3. The zero-order valence-electron chi connectivity index (χ0n) is 20.1. The highest BCUT2D eigenvalue weighted by Crippen LogP contribution is 2.37. The Morgan fingerprint density at radius 1 is 1.38 bits per heavy atom. The molecule has 0 saturated carbocycles. The largest absolute Gasteiger partial charge is 0.353 e. The highest BCUT2D eigenvalue weighted by atomic mass is 79.9. The molecule has 194 valence electrons. The van der Waals surface area contributed by atoms with Crippen LogP contribution in [0.25, 0.3) is 21.3 Å². The average Bonchev–Trinajstić information content (AvgIpc) is 3.23. The predicted molar refractivity (Wildman–Crippen MR) is 139 cm³/mol. The molecular formula is C26H24BrF2N3O4S. The number of likely N-dealkylation sites (tertiary alicyclic amines) is 1. The van der Waals surface area contributed by atoms with Crippen molar-refractivity contribution in [1.82, 2.24) is 14.5 Å². The van der Waals surface area contributed by atoms with Crippen LogP contribution in [0.15, 0.2) is 33.8 Å². The van der Waals surface area contributed by atoms with Crippen LogP contribution in [0.5, 0.6) is 0 Å². The van der Waals surface area contributed by atoms with E-state index in [1.165, 1.54) is 40.1 Å². The molecule has 2 aromatic heterocycles. The molecule has 4 heterocycles. The molecule has 1 aromatic carbocycles. The van der Waals surface area contributed by atoms with Crippen LogP contribution in [0.3, 0.4) is 0 Å². The Bertz CT molecular complexity index is 1460. The fourth-order valence-corrected chi connectivity index (χ4v) is 5.83. The van der Waals surface area contributed by atoms with Gasteiger partial charge in [0.2, 0.25) is 5.91 Å². The summed E-state index contributed by atoms with van der Waals surface area (Å²) in [4.78, 5) is 32.9. The Balaban J connectivity index is 1.49. The van der Waals surface area contributed by atoms with E-state index in [4.69, 9.17) is 9.47 Å². The summed E-state index contributed by atoms with van der Waals surface area (Å²) in [5, 5.41) is 0.290. The monoisotopic (exact) mass is 591 g/mol. The first kappa shape index (κ1) is 26.0. The van der Waals surface area contributed by atoms with E-state index in [0.29, 0.717) is 32.8 Å². The molecule has 0 aliphatic carbocycles. The maximum atomic E-state index is 14.0. The number of rotatable bonds is 5. The third-order valence-electron chi connectivity index (χ3n) is 6.27. The number of aromatic nitrogens is 2. The fourth-order valence-electron chi connectivity index (χ4n) is 4.42. The molecule has 2 saturated heterocycles. The second-order valence-electron chi connectivity index (χ2n) is 9.36. The molecular weight excluding hydrogens is 568 g/mol. The summed E-state index contributed by atoms with van der Waals surface area (Å²) in [6.07, 6.45) is 3.93. The lowest BCUT2D eigenvalue weighted by atomic mass is 9.99. The summed E-state index contributed by atoms with van der Waals surface area (Å²) in [5.74, 6) is 5.27. The van der Waals surface area contributed by atoms with Gasteiger partial charge in [-0.05, 0) is 59.8 Å². The Hall–Kier alpha value is -2.65. The molecule has 1 atom stereocenters. The summed E-state index contributed by atoms with van der Waals surface area (Å²) in [6, 6.07) is 4.46. The Morgan fingerprint density at radius 2 is 2.19 bits per heavy atom. The van der Waals surface area contributed by atoms with Gasteiger partial charge in [-0.2, -0.15) is 0 Å². The minimum Gasteiger partial charge on any atom is -0.353 e. The molecule has 37 heavy (non-hydrogen) atoms. The molecule has 2 aliphatic rings. The van der Waals surface area contributed by atoms with Crippen molar-refractivity contribution >= 4 is 43.4 Å². The number of benzene rings is 1. The van der Waals surface area contributed by atoms with E-state index in [1.54, 1.807) is 12.1 Å². The van der Waals surface area contributed by atoms with Crippen molar-refractivity contribution in [3.05, 3.63) is 50.0 Å². The number of carbonyl (C=O) groups is 1. The van der Waals surface area contributed by atoms with Crippen LogP contribution < -0.4 is 5.56 Å². The van der Waals surface area contributed by atoms with Gasteiger partial charge >= 0.3 is 0 Å². The van der Waals surface area contributed by atoms with Crippen molar-refractivity contribution in [3.8, 4) is 23.0 Å². The standard InChI is InChI=1S/C26H24BrF2N3O4S/c1-26(29)13-32(14-26)20(33)12-31-15-30-24-23(25(31)34)22(16-7-8-18(28)17(27)11-16)19(37-24)5-4-10-36-21-6-2-3-9-35-21/h7-8,11,15,21H,2-3,6,9-10,12-14H2,1H3. The maximum absolute atomic E-state index is 14.0. The van der Waals surface area contributed by atoms with Gasteiger partial charge in [0, 0.05) is 12.2 Å². The van der Waals surface area contributed by atoms with E-state index < -0.39 is 17.0 Å². The summed E-state index contributed by atoms with van der Waals surface area (Å²) in [5.41, 5.74) is -0.728. The van der Waals surface area contributed by atoms with Crippen molar-refractivity contribution < 1.29 is 23.0 Å². The number of hydrogen-bond donors (Lipinski definition) is 0. The van der Waals surface area contributed by atoms with Crippen molar-refractivity contribution in [2.75, 3.05) is 26.3 Å². The summed E-state index contributed by atoms with van der Waals surface area (Å²) in [7, 11) is 0. The van der Waals surface area contributed by atoms with Crippen molar-refractivity contribution in [2.45, 2.75) is 44.7 Å². The summed E-state index contributed by atoms with van der Waals surface area (Å²) < 4.78 is 40.6. The topological polar surface area (TPSA) is 73.7 Å². The van der Waals surface area contributed by atoms with Gasteiger partial charge in [-0.3, -0.25) is 14.2 Å². The lowest BCUT2D eigenvalue weighted by Gasteiger charge is -2.42. The van der Waals surface area contributed by atoms with Crippen LogP contribution in [0.1, 0.15) is 31.1 Å². The molecule has 0 spiro atoms. The number of hydrogen-bond acceptors (Lipinski definition) is 6. The molecule has 1 amide bonds. The number of thiophene rings is 1. The molecule has 11 heteroatoms. The van der Waals surface area contributed by atoms with Crippen LogP contribution in [-0.2, 0) is 20.8 Å². The predicted octanol–water partition coefficient (Wildman–Crippen LogP) is 4.49. The normalized spacial score (nSPS) is 18.8. The highest BCUT2D eigenvalue weighted by Gasteiger charge is 2.41. The number of alkyl halides is 1. The number of halogens is 3. The third kappa shape index (κ3) is 5.62. The number of fused-ring (bicyclic) bond motifs is 1. The first-order valence-electron chi connectivity index (χ1n) is 11.9. The van der Waals surface area contributed by atoms with Crippen LogP contribution in [0.2, 0.25) is 0 Å². The van der Waals surface area contributed by atoms with Gasteiger partial charge in [0.05, 0.1) is 34.2 Å². The molecule has 5 rings (SSSR count). The van der Waals surface area contributed by atoms with Crippen LogP contribution in [0, 0.1) is 17.7 Å².